The molecule has 1 fully saturated rings. The largest absolute Gasteiger partial charge is 0.483 e. The summed E-state index contributed by atoms with van der Waals surface area (Å²) in [4.78, 5) is 41.8. The highest BCUT2D eigenvalue weighted by Gasteiger charge is 2.51. The molecule has 0 spiro atoms. The van der Waals surface area contributed by atoms with Gasteiger partial charge in [0.1, 0.15) is 16.9 Å². The highest BCUT2D eigenvalue weighted by atomic mass is 16.6. The lowest BCUT2D eigenvalue weighted by Gasteiger charge is -2.43. The van der Waals surface area contributed by atoms with Crippen LogP contribution in [0.15, 0.2) is 93.2 Å². The van der Waals surface area contributed by atoms with Gasteiger partial charge in [-0.2, -0.15) is 0 Å². The molecule has 7 nitrogen and oxygen atoms in total. The van der Waals surface area contributed by atoms with Crippen molar-refractivity contribution in [1.82, 2.24) is 0 Å². The van der Waals surface area contributed by atoms with Gasteiger partial charge in [0.05, 0.1) is 5.56 Å². The molecule has 0 radical (unpaired) electrons. The Morgan fingerprint density at radius 2 is 1.59 bits per heavy atom. The molecule has 0 N–H and O–H groups in total. The minimum Gasteiger partial charge on any atom is -0.483 e. The molecule has 3 aliphatic heterocycles. The van der Waals surface area contributed by atoms with E-state index in [9.17, 15) is 14.4 Å². The van der Waals surface area contributed by atoms with Crippen LogP contribution in [0.25, 0.3) is 11.0 Å². The Morgan fingerprint density at radius 3 is 2.29 bits per heavy atom. The topological polar surface area (TPSA) is 92.0 Å². The number of ether oxygens (including phenoxy) is 3. The van der Waals surface area contributed by atoms with E-state index in [1.807, 2.05) is 65.8 Å². The fraction of sp³-hybridized carbons (Fsp3) is 0.432. The van der Waals surface area contributed by atoms with Crippen LogP contribution in [0.1, 0.15) is 125 Å². The van der Waals surface area contributed by atoms with Gasteiger partial charge in [-0.15, -0.1) is 0 Å². The number of fused-ring (bicyclic) bond motifs is 11. The number of aryl methyl sites for hydroxylation is 1. The Hall–Kier alpha value is -4.65. The molecule has 0 saturated heterocycles. The number of esters is 2. The molecular formula is C44H48O7. The van der Waals surface area contributed by atoms with E-state index in [4.69, 9.17) is 18.6 Å². The highest BCUT2D eigenvalue weighted by molar-refractivity contribution is 5.90. The molecule has 5 unspecified atom stereocenters. The van der Waals surface area contributed by atoms with Crippen LogP contribution >= 0.6 is 0 Å². The molecule has 3 aromatic carbocycles. The second-order valence-corrected chi connectivity index (χ2v) is 15.7. The van der Waals surface area contributed by atoms with E-state index in [1.54, 1.807) is 0 Å². The van der Waals surface area contributed by atoms with E-state index in [-0.39, 0.29) is 29.8 Å². The van der Waals surface area contributed by atoms with Gasteiger partial charge in [-0.1, -0.05) is 74.0 Å². The Balaban J connectivity index is 1.35. The van der Waals surface area contributed by atoms with Crippen LogP contribution in [0.5, 0.6) is 5.75 Å². The lowest BCUT2D eigenvalue weighted by atomic mass is 9.68. The summed E-state index contributed by atoms with van der Waals surface area (Å²) in [5, 5.41) is 0.680. The average Bonchev–Trinajstić information content (AvgIpc) is 3.09. The number of carbonyl (C=O) groups is 2. The van der Waals surface area contributed by atoms with Crippen molar-refractivity contribution in [2.24, 2.45) is 5.92 Å². The SMILES string of the molecule is CC(C)=C1CCc2ccc(cc2)C2CCC(c3ccccc3)CC2CC(=O)OC2c3c(ccc4cc(C(C)C)c(=O)oc34)OC(C)(C)C2OC1=O. The summed E-state index contributed by atoms with van der Waals surface area (Å²) in [6.07, 6.45) is 2.11. The minimum atomic E-state index is -1.08. The summed E-state index contributed by atoms with van der Waals surface area (Å²) < 4.78 is 25.4. The number of hydrogen-bond acceptors (Lipinski definition) is 7. The van der Waals surface area contributed by atoms with E-state index >= 15 is 0 Å². The fourth-order valence-electron chi connectivity index (χ4n) is 8.45. The summed E-state index contributed by atoms with van der Waals surface area (Å²) in [5.41, 5.74) is 4.76. The summed E-state index contributed by atoms with van der Waals surface area (Å²) in [7, 11) is 0. The molecule has 4 aromatic rings. The Kier molecular flexibility index (Phi) is 9.42. The smallest absolute Gasteiger partial charge is 0.339 e. The maximum absolute atomic E-state index is 14.4. The Labute approximate surface area is 300 Å². The normalized spacial score (nSPS) is 24.9. The van der Waals surface area contributed by atoms with Gasteiger partial charge in [0.2, 0.25) is 0 Å². The molecule has 4 aliphatic rings. The maximum Gasteiger partial charge on any atom is 0.339 e. The average molecular weight is 689 g/mol. The van der Waals surface area contributed by atoms with Gasteiger partial charge in [-0.05, 0) is 118 Å². The van der Waals surface area contributed by atoms with Crippen LogP contribution in [0, 0.1) is 5.92 Å². The van der Waals surface area contributed by atoms with Crippen molar-refractivity contribution in [3.05, 3.63) is 122 Å². The zero-order valence-electron chi connectivity index (χ0n) is 30.5. The van der Waals surface area contributed by atoms with E-state index in [2.05, 4.69) is 48.5 Å². The summed E-state index contributed by atoms with van der Waals surface area (Å²) >= 11 is 0. The monoisotopic (exact) mass is 688 g/mol. The van der Waals surface area contributed by atoms with Crippen molar-refractivity contribution in [3.63, 3.8) is 0 Å². The predicted molar refractivity (Wildman–Crippen MR) is 197 cm³/mol. The van der Waals surface area contributed by atoms with E-state index < -0.39 is 35.4 Å². The van der Waals surface area contributed by atoms with Gasteiger partial charge in [0.25, 0.3) is 0 Å². The minimum absolute atomic E-state index is 0.0276. The first-order valence-corrected chi connectivity index (χ1v) is 18.4. The zero-order chi connectivity index (χ0) is 36.0. The molecule has 1 aliphatic carbocycles. The molecular weight excluding hydrogens is 640 g/mol. The zero-order valence-corrected chi connectivity index (χ0v) is 30.5. The van der Waals surface area contributed by atoms with Gasteiger partial charge >= 0.3 is 17.6 Å². The lowest BCUT2D eigenvalue weighted by Crippen LogP contribution is -2.52. The molecule has 8 rings (SSSR count). The fourth-order valence-corrected chi connectivity index (χ4v) is 8.45. The quantitative estimate of drug-likeness (QED) is 0.118. The number of hydrogen-bond donors (Lipinski definition) is 0. The number of rotatable bonds is 2. The molecule has 51 heavy (non-hydrogen) atoms. The van der Waals surface area contributed by atoms with Crippen LogP contribution in [-0.2, 0) is 25.5 Å². The predicted octanol–water partition coefficient (Wildman–Crippen LogP) is 9.62. The first-order chi connectivity index (χ1) is 24.4. The van der Waals surface area contributed by atoms with Crippen molar-refractivity contribution in [2.45, 2.75) is 116 Å². The van der Waals surface area contributed by atoms with Crippen LogP contribution < -0.4 is 10.4 Å². The third kappa shape index (κ3) is 6.87. The Morgan fingerprint density at radius 1 is 0.843 bits per heavy atom. The van der Waals surface area contributed by atoms with E-state index in [0.717, 1.165) is 30.4 Å². The third-order valence-electron chi connectivity index (χ3n) is 11.3. The van der Waals surface area contributed by atoms with Crippen LogP contribution in [0.2, 0.25) is 0 Å². The molecule has 4 heterocycles. The first-order valence-electron chi connectivity index (χ1n) is 18.4. The number of allylic oxidation sites excluding steroid dienone is 1. The number of carbonyl (C=O) groups excluding carboxylic acids is 2. The van der Waals surface area contributed by atoms with Gasteiger partial charge < -0.3 is 18.6 Å². The third-order valence-corrected chi connectivity index (χ3v) is 11.3. The van der Waals surface area contributed by atoms with Crippen molar-refractivity contribution >= 4 is 22.9 Å². The van der Waals surface area contributed by atoms with Gasteiger partial charge in [-0.3, -0.25) is 4.79 Å². The maximum atomic E-state index is 14.4. The lowest BCUT2D eigenvalue weighted by molar-refractivity contribution is -0.188. The molecule has 5 atom stereocenters. The summed E-state index contributed by atoms with van der Waals surface area (Å²) in [6, 6.07) is 24.7. The van der Waals surface area contributed by atoms with Gasteiger partial charge in [-0.25, -0.2) is 9.59 Å². The standard InChI is InChI=1S/C44H48O7/c1-25(2)33-19-14-27-12-15-29(16-13-27)34-20-17-30(28-10-8-7-9-11-28)22-32(34)24-37(45)48-40-38-36(51-44(5,6)41(40)50-42(33)46)21-18-31-23-35(26(3)4)43(47)49-39(31)38/h7-13,15-16,18,21,23,26,30,32,34,40-41H,14,17,19-20,22,24H2,1-6H3. The summed E-state index contributed by atoms with van der Waals surface area (Å²) in [5.74, 6) is 0.0525. The molecule has 0 amide bonds. The highest BCUT2D eigenvalue weighted by Crippen LogP contribution is 2.49. The molecule has 7 heteroatoms. The van der Waals surface area contributed by atoms with Crippen molar-refractivity contribution in [1.29, 1.82) is 0 Å². The van der Waals surface area contributed by atoms with Crippen molar-refractivity contribution < 1.29 is 28.2 Å². The van der Waals surface area contributed by atoms with Crippen LogP contribution in [0.4, 0.5) is 0 Å². The summed E-state index contributed by atoms with van der Waals surface area (Å²) in [6.45, 7) is 11.4. The van der Waals surface area contributed by atoms with Gasteiger partial charge in [0, 0.05) is 22.9 Å². The van der Waals surface area contributed by atoms with E-state index in [1.165, 1.54) is 11.1 Å². The molecule has 1 aromatic heterocycles. The van der Waals surface area contributed by atoms with Crippen LogP contribution in [-0.4, -0.2) is 23.6 Å². The van der Waals surface area contributed by atoms with Gasteiger partial charge in [0.15, 0.2) is 12.2 Å². The molecule has 1 saturated carbocycles. The van der Waals surface area contributed by atoms with Crippen LogP contribution in [0.3, 0.4) is 0 Å². The Bertz CT molecular complexity index is 2030. The van der Waals surface area contributed by atoms with Crippen molar-refractivity contribution in [3.8, 4) is 5.75 Å². The molecule has 266 valence electrons. The van der Waals surface area contributed by atoms with Crippen molar-refractivity contribution in [2.75, 3.05) is 0 Å². The van der Waals surface area contributed by atoms with E-state index in [0.29, 0.717) is 46.6 Å². The second kappa shape index (κ2) is 13.8. The number of benzene rings is 3. The second-order valence-electron chi connectivity index (χ2n) is 15.7. The first kappa shape index (κ1) is 34.8. The molecule has 2 bridgehead atoms.